The SMILES string of the molecule is CCCn1c(=O)c2c(n3ccnc13)N=C(c1cnn(CCOC)c1)C2. The molecule has 0 aromatic carbocycles. The van der Waals surface area contributed by atoms with Gasteiger partial charge in [-0.2, -0.15) is 5.10 Å². The van der Waals surface area contributed by atoms with E-state index >= 15 is 0 Å². The Morgan fingerprint density at radius 2 is 2.20 bits per heavy atom. The number of fused-ring (bicyclic) bond motifs is 3. The normalized spacial score (nSPS) is 13.4. The van der Waals surface area contributed by atoms with Gasteiger partial charge in [0, 0.05) is 44.2 Å². The van der Waals surface area contributed by atoms with E-state index in [0.717, 1.165) is 23.3 Å². The van der Waals surface area contributed by atoms with E-state index in [-0.39, 0.29) is 5.56 Å². The minimum absolute atomic E-state index is 0.000995. The van der Waals surface area contributed by atoms with Crippen molar-refractivity contribution >= 4 is 17.3 Å². The lowest BCUT2D eigenvalue weighted by molar-refractivity contribution is 0.183. The Labute approximate surface area is 144 Å². The largest absolute Gasteiger partial charge is 0.383 e. The van der Waals surface area contributed by atoms with Crippen LogP contribution < -0.4 is 5.56 Å². The average Bonchev–Trinajstić information content (AvgIpc) is 3.34. The van der Waals surface area contributed by atoms with Crippen molar-refractivity contribution in [3.8, 4) is 0 Å². The quantitative estimate of drug-likeness (QED) is 0.680. The van der Waals surface area contributed by atoms with Crippen molar-refractivity contribution in [2.24, 2.45) is 4.99 Å². The van der Waals surface area contributed by atoms with Crippen molar-refractivity contribution in [2.75, 3.05) is 13.7 Å². The maximum absolute atomic E-state index is 12.9. The van der Waals surface area contributed by atoms with Crippen LogP contribution in [0, 0.1) is 0 Å². The predicted molar refractivity (Wildman–Crippen MR) is 93.7 cm³/mol. The fourth-order valence-corrected chi connectivity index (χ4v) is 3.18. The summed E-state index contributed by atoms with van der Waals surface area (Å²) in [5, 5.41) is 4.34. The molecule has 0 bridgehead atoms. The van der Waals surface area contributed by atoms with E-state index in [1.54, 1.807) is 24.1 Å². The number of hydrogen-bond acceptors (Lipinski definition) is 5. The number of imidazole rings is 1. The minimum Gasteiger partial charge on any atom is -0.383 e. The molecule has 25 heavy (non-hydrogen) atoms. The van der Waals surface area contributed by atoms with Crippen LogP contribution in [0.25, 0.3) is 5.78 Å². The van der Waals surface area contributed by atoms with Gasteiger partial charge in [0.1, 0.15) is 5.82 Å². The molecule has 0 aliphatic carbocycles. The molecule has 0 unspecified atom stereocenters. The third-order valence-corrected chi connectivity index (χ3v) is 4.39. The van der Waals surface area contributed by atoms with Crippen molar-refractivity contribution in [3.63, 3.8) is 0 Å². The first-order valence-corrected chi connectivity index (χ1v) is 8.41. The number of aromatic nitrogens is 5. The molecule has 0 fully saturated rings. The zero-order valence-corrected chi connectivity index (χ0v) is 14.3. The molecule has 0 spiro atoms. The second-order valence-corrected chi connectivity index (χ2v) is 6.08. The molecular formula is C17H20N6O2. The van der Waals surface area contributed by atoms with Crippen LogP contribution in [0.5, 0.6) is 0 Å². The van der Waals surface area contributed by atoms with E-state index in [9.17, 15) is 4.79 Å². The Morgan fingerprint density at radius 1 is 1.32 bits per heavy atom. The van der Waals surface area contributed by atoms with Gasteiger partial charge in [-0.05, 0) is 6.42 Å². The molecule has 4 rings (SSSR count). The molecule has 3 aromatic rings. The first-order valence-electron chi connectivity index (χ1n) is 8.41. The lowest BCUT2D eigenvalue weighted by Gasteiger charge is -2.09. The molecule has 3 aromatic heterocycles. The number of nitrogens with zero attached hydrogens (tertiary/aromatic N) is 6. The summed E-state index contributed by atoms with van der Waals surface area (Å²) in [5.41, 5.74) is 2.52. The molecule has 0 radical (unpaired) electrons. The summed E-state index contributed by atoms with van der Waals surface area (Å²) in [4.78, 5) is 21.9. The number of aliphatic imine (C=N–C) groups is 1. The minimum atomic E-state index is 0.000995. The van der Waals surface area contributed by atoms with E-state index < -0.39 is 0 Å². The highest BCUT2D eigenvalue weighted by Crippen LogP contribution is 2.27. The maximum Gasteiger partial charge on any atom is 0.260 e. The van der Waals surface area contributed by atoms with Gasteiger partial charge in [-0.3, -0.25) is 18.4 Å². The average molecular weight is 340 g/mol. The molecule has 0 amide bonds. The van der Waals surface area contributed by atoms with Gasteiger partial charge < -0.3 is 4.74 Å². The van der Waals surface area contributed by atoms with Gasteiger partial charge in [0.2, 0.25) is 5.78 Å². The standard InChI is InChI=1S/C17H20N6O2/c1-3-5-23-16(24)13-9-14(12-10-19-21(11-12)7-8-25-2)20-15(13)22-6-4-18-17(22)23/h4,6,10-11H,3,5,7-9H2,1-2H3. The van der Waals surface area contributed by atoms with E-state index in [1.807, 2.05) is 21.5 Å². The summed E-state index contributed by atoms with van der Waals surface area (Å²) < 4.78 is 10.5. The van der Waals surface area contributed by atoms with Crippen LogP contribution in [0.1, 0.15) is 24.5 Å². The Kier molecular flexibility index (Phi) is 3.96. The summed E-state index contributed by atoms with van der Waals surface area (Å²) in [6, 6.07) is 0. The first-order chi connectivity index (χ1) is 12.2. The molecule has 1 aliphatic heterocycles. The van der Waals surface area contributed by atoms with Gasteiger partial charge in [0.05, 0.1) is 30.6 Å². The smallest absolute Gasteiger partial charge is 0.260 e. The van der Waals surface area contributed by atoms with E-state index in [1.165, 1.54) is 0 Å². The van der Waals surface area contributed by atoms with Crippen molar-refractivity contribution in [2.45, 2.75) is 32.9 Å². The summed E-state index contributed by atoms with van der Waals surface area (Å²) in [5.74, 6) is 1.33. The molecule has 0 atom stereocenters. The van der Waals surface area contributed by atoms with Gasteiger partial charge in [0.15, 0.2) is 0 Å². The Bertz CT molecular complexity index is 1010. The van der Waals surface area contributed by atoms with E-state index in [2.05, 4.69) is 17.0 Å². The molecule has 4 heterocycles. The number of rotatable bonds is 6. The highest BCUT2D eigenvalue weighted by molar-refractivity contribution is 6.05. The fourth-order valence-electron chi connectivity index (χ4n) is 3.18. The van der Waals surface area contributed by atoms with Crippen molar-refractivity contribution in [3.05, 3.63) is 46.3 Å². The zero-order chi connectivity index (χ0) is 17.4. The maximum atomic E-state index is 12.9. The molecule has 8 nitrogen and oxygen atoms in total. The molecule has 0 saturated carbocycles. The number of hydrogen-bond donors (Lipinski definition) is 0. The van der Waals surface area contributed by atoms with Gasteiger partial charge in [0.25, 0.3) is 5.56 Å². The lowest BCUT2D eigenvalue weighted by Crippen LogP contribution is -2.26. The van der Waals surface area contributed by atoms with Crippen molar-refractivity contribution < 1.29 is 4.74 Å². The van der Waals surface area contributed by atoms with E-state index in [0.29, 0.717) is 37.7 Å². The number of aryl methyl sites for hydroxylation is 1. The third-order valence-electron chi connectivity index (χ3n) is 4.39. The number of ether oxygens (including phenoxy) is 1. The Morgan fingerprint density at radius 3 is 3.00 bits per heavy atom. The van der Waals surface area contributed by atoms with Gasteiger partial charge in [-0.25, -0.2) is 9.98 Å². The van der Waals surface area contributed by atoms with Crippen molar-refractivity contribution in [1.29, 1.82) is 0 Å². The summed E-state index contributed by atoms with van der Waals surface area (Å²) in [7, 11) is 1.67. The second kappa shape index (κ2) is 6.29. The van der Waals surface area contributed by atoms with Crippen LogP contribution in [0.3, 0.4) is 0 Å². The Hall–Kier alpha value is -2.74. The first kappa shape index (κ1) is 15.8. The van der Waals surface area contributed by atoms with Crippen LogP contribution in [0.2, 0.25) is 0 Å². The highest BCUT2D eigenvalue weighted by Gasteiger charge is 2.25. The van der Waals surface area contributed by atoms with Gasteiger partial charge >= 0.3 is 0 Å². The van der Waals surface area contributed by atoms with Crippen LogP contribution >= 0.6 is 0 Å². The summed E-state index contributed by atoms with van der Waals surface area (Å²) in [6.45, 7) is 3.99. The van der Waals surface area contributed by atoms with Crippen LogP contribution in [-0.4, -0.2) is 43.2 Å². The van der Waals surface area contributed by atoms with Crippen molar-refractivity contribution in [1.82, 2.24) is 23.7 Å². The van der Waals surface area contributed by atoms with Gasteiger partial charge in [-0.1, -0.05) is 6.92 Å². The molecule has 130 valence electrons. The highest BCUT2D eigenvalue weighted by atomic mass is 16.5. The third kappa shape index (κ3) is 2.58. The van der Waals surface area contributed by atoms with Crippen LogP contribution in [-0.2, 0) is 24.2 Å². The molecule has 8 heteroatoms. The zero-order valence-electron chi connectivity index (χ0n) is 14.3. The second-order valence-electron chi connectivity index (χ2n) is 6.08. The van der Waals surface area contributed by atoms with E-state index in [4.69, 9.17) is 9.73 Å². The molecule has 0 saturated heterocycles. The van der Waals surface area contributed by atoms with Crippen LogP contribution in [0.4, 0.5) is 5.82 Å². The number of methoxy groups -OCH3 is 1. The summed E-state index contributed by atoms with van der Waals surface area (Å²) >= 11 is 0. The summed E-state index contributed by atoms with van der Waals surface area (Å²) in [6.07, 6.45) is 8.68. The molecular weight excluding hydrogens is 320 g/mol. The topological polar surface area (TPSA) is 78.7 Å². The van der Waals surface area contributed by atoms with Crippen LogP contribution in [0.15, 0.2) is 34.6 Å². The van der Waals surface area contributed by atoms with Gasteiger partial charge in [-0.15, -0.1) is 0 Å². The fraction of sp³-hybridized carbons (Fsp3) is 0.412. The predicted octanol–water partition coefficient (Wildman–Crippen LogP) is 1.43. The lowest BCUT2D eigenvalue weighted by atomic mass is 10.1. The molecule has 1 aliphatic rings. The monoisotopic (exact) mass is 340 g/mol. The molecule has 0 N–H and O–H groups in total. The Balaban J connectivity index is 1.75.